The number of piperidine rings is 1. The number of hydrogen-bond acceptors (Lipinski definition) is 9. The molecule has 43 heavy (non-hydrogen) atoms. The zero-order chi connectivity index (χ0) is 29.9. The summed E-state index contributed by atoms with van der Waals surface area (Å²) in [6.07, 6.45) is 8.46. The number of sulfone groups is 1. The maximum Gasteiger partial charge on any atom is 0.272 e. The first-order valence-electron chi connectivity index (χ1n) is 14.1. The van der Waals surface area contributed by atoms with Crippen molar-refractivity contribution in [3.8, 4) is 28.1 Å². The fraction of sp³-hybridized carbons (Fsp3) is 0.258. The minimum Gasteiger partial charge on any atom is -0.506 e. The molecule has 2 saturated heterocycles. The summed E-state index contributed by atoms with van der Waals surface area (Å²) in [5.74, 6) is -0.413. The van der Waals surface area contributed by atoms with Crippen LogP contribution >= 0.6 is 0 Å². The van der Waals surface area contributed by atoms with E-state index in [-0.39, 0.29) is 46.1 Å². The van der Waals surface area contributed by atoms with Gasteiger partial charge < -0.3 is 15.7 Å². The van der Waals surface area contributed by atoms with Gasteiger partial charge in [0.05, 0.1) is 23.8 Å². The number of hydrogen-bond donors (Lipinski definition) is 2. The van der Waals surface area contributed by atoms with Crippen molar-refractivity contribution < 1.29 is 18.3 Å². The summed E-state index contributed by atoms with van der Waals surface area (Å²) in [5, 5.41) is 14.0. The fourth-order valence-electron chi connectivity index (χ4n) is 6.59. The van der Waals surface area contributed by atoms with Crippen molar-refractivity contribution in [3.63, 3.8) is 0 Å². The Hall–Kier alpha value is -4.84. The Kier molecular flexibility index (Phi) is 6.38. The summed E-state index contributed by atoms with van der Waals surface area (Å²) in [6, 6.07) is 16.5. The second-order valence-electron chi connectivity index (χ2n) is 11.2. The maximum atomic E-state index is 13.4. The zero-order valence-corrected chi connectivity index (χ0v) is 24.1. The standard InChI is InChI=1S/C31H29N7O4S/c1-43(41,42)28-27(20-13-21-8-9-22(14-20)37(21)31(40)26-12-10-23(39)16-34-26)36-30-24(17-35-38(30)29(28)32)19-7-11-25(33-15-19)18-5-3-2-4-6-18/h2-7,10-12,15-17,20-22,39H,8-9,13-14,32H2,1H3/t20-,21+,22-. The van der Waals surface area contributed by atoms with Crippen molar-refractivity contribution >= 4 is 27.2 Å². The van der Waals surface area contributed by atoms with E-state index in [0.29, 0.717) is 29.7 Å². The number of carbonyl (C=O) groups is 1. The van der Waals surface area contributed by atoms with Crippen LogP contribution in [0.2, 0.25) is 0 Å². The van der Waals surface area contributed by atoms with Gasteiger partial charge in [0, 0.05) is 47.1 Å². The van der Waals surface area contributed by atoms with Gasteiger partial charge in [-0.05, 0) is 43.9 Å². The average Bonchev–Trinajstić information content (AvgIpc) is 3.55. The Balaban J connectivity index is 1.26. The predicted molar refractivity (Wildman–Crippen MR) is 160 cm³/mol. The van der Waals surface area contributed by atoms with E-state index in [4.69, 9.17) is 10.7 Å². The van der Waals surface area contributed by atoms with E-state index in [2.05, 4.69) is 15.1 Å². The summed E-state index contributed by atoms with van der Waals surface area (Å²) in [4.78, 5) is 28.9. The molecule has 7 rings (SSSR count). The highest BCUT2D eigenvalue weighted by Crippen LogP contribution is 2.45. The Morgan fingerprint density at radius 2 is 1.67 bits per heavy atom. The topological polar surface area (TPSA) is 157 Å². The lowest BCUT2D eigenvalue weighted by molar-refractivity contribution is 0.0562. The van der Waals surface area contributed by atoms with Crippen molar-refractivity contribution in [2.24, 2.45) is 0 Å². The molecule has 3 N–H and O–H groups in total. The molecule has 4 aromatic heterocycles. The van der Waals surface area contributed by atoms with E-state index < -0.39 is 9.84 Å². The number of nitrogen functional groups attached to an aromatic ring is 1. The third-order valence-electron chi connectivity index (χ3n) is 8.50. The van der Waals surface area contributed by atoms with Crippen LogP contribution in [0.3, 0.4) is 0 Å². The second-order valence-corrected chi connectivity index (χ2v) is 13.2. The number of anilines is 1. The van der Waals surface area contributed by atoms with Crippen molar-refractivity contribution in [2.45, 2.75) is 48.6 Å². The normalized spacial score (nSPS) is 20.0. The predicted octanol–water partition coefficient (Wildman–Crippen LogP) is 4.10. The van der Waals surface area contributed by atoms with Crippen LogP contribution in [0.25, 0.3) is 28.0 Å². The Morgan fingerprint density at radius 1 is 0.930 bits per heavy atom. The number of carbonyl (C=O) groups excluding carboxylic acids is 1. The number of aromatic hydroxyl groups is 1. The lowest BCUT2D eigenvalue weighted by atomic mass is 9.87. The largest absolute Gasteiger partial charge is 0.506 e. The molecule has 0 saturated carbocycles. The summed E-state index contributed by atoms with van der Waals surface area (Å²) in [7, 11) is -3.76. The molecule has 2 bridgehead atoms. The number of rotatable bonds is 5. The van der Waals surface area contributed by atoms with Crippen LogP contribution < -0.4 is 5.73 Å². The SMILES string of the molecule is CS(=O)(=O)c1c([C@H]2C[C@H]3CC[C@@H](C2)N3C(=O)c2ccc(O)cn2)nc2c(-c3ccc(-c4ccccc4)nc3)cnn2c1N. The van der Waals surface area contributed by atoms with Gasteiger partial charge in [0.1, 0.15) is 22.2 Å². The average molecular weight is 596 g/mol. The Bertz CT molecular complexity index is 1950. The summed E-state index contributed by atoms with van der Waals surface area (Å²) in [5.41, 5.74) is 10.9. The van der Waals surface area contributed by atoms with Gasteiger partial charge in [0.15, 0.2) is 15.5 Å². The highest BCUT2D eigenvalue weighted by Gasteiger charge is 2.46. The van der Waals surface area contributed by atoms with Gasteiger partial charge in [0.2, 0.25) is 0 Å². The minimum atomic E-state index is -3.76. The molecular formula is C31H29N7O4S. The molecule has 0 radical (unpaired) electrons. The van der Waals surface area contributed by atoms with Gasteiger partial charge in [0.25, 0.3) is 5.91 Å². The number of nitrogens with two attached hydrogens (primary N) is 1. The molecule has 3 atom stereocenters. The first kappa shape index (κ1) is 27.0. The molecular weight excluding hydrogens is 566 g/mol. The van der Waals surface area contributed by atoms with Gasteiger partial charge in [-0.15, -0.1) is 0 Å². The van der Waals surface area contributed by atoms with Crippen LogP contribution in [0.4, 0.5) is 5.82 Å². The molecule has 5 aromatic rings. The maximum absolute atomic E-state index is 13.4. The van der Waals surface area contributed by atoms with E-state index in [1.165, 1.54) is 22.8 Å². The molecule has 2 fully saturated rings. The monoisotopic (exact) mass is 595 g/mol. The van der Waals surface area contributed by atoms with Crippen LogP contribution in [0.1, 0.15) is 47.8 Å². The lowest BCUT2D eigenvalue weighted by Crippen LogP contribution is -2.46. The molecule has 6 heterocycles. The number of amides is 1. The number of fused-ring (bicyclic) bond motifs is 3. The molecule has 11 nitrogen and oxygen atoms in total. The molecule has 12 heteroatoms. The first-order valence-corrected chi connectivity index (χ1v) is 15.9. The zero-order valence-electron chi connectivity index (χ0n) is 23.3. The molecule has 218 valence electrons. The number of benzene rings is 1. The molecule has 0 unspecified atom stereocenters. The highest BCUT2D eigenvalue weighted by molar-refractivity contribution is 7.91. The molecule has 2 aliphatic rings. The van der Waals surface area contributed by atoms with Crippen LogP contribution in [0.5, 0.6) is 5.75 Å². The van der Waals surface area contributed by atoms with Crippen LogP contribution in [0, 0.1) is 0 Å². The van der Waals surface area contributed by atoms with Crippen molar-refractivity contribution in [3.05, 3.63) is 84.6 Å². The molecule has 0 spiro atoms. The Labute approximate surface area is 248 Å². The van der Waals surface area contributed by atoms with E-state index in [0.717, 1.165) is 35.9 Å². The van der Waals surface area contributed by atoms with Gasteiger partial charge in [-0.25, -0.2) is 18.4 Å². The minimum absolute atomic E-state index is 0.00671. The van der Waals surface area contributed by atoms with E-state index >= 15 is 0 Å². The third kappa shape index (κ3) is 4.67. The van der Waals surface area contributed by atoms with E-state index in [9.17, 15) is 18.3 Å². The lowest BCUT2D eigenvalue weighted by Gasteiger charge is -2.39. The van der Waals surface area contributed by atoms with Crippen LogP contribution in [-0.4, -0.2) is 67.2 Å². The second kappa shape index (κ2) is 10.2. The van der Waals surface area contributed by atoms with Gasteiger partial charge in [-0.1, -0.05) is 36.4 Å². The van der Waals surface area contributed by atoms with Gasteiger partial charge >= 0.3 is 0 Å². The van der Waals surface area contributed by atoms with E-state index in [1.807, 2.05) is 47.4 Å². The molecule has 1 amide bonds. The number of pyridine rings is 2. The van der Waals surface area contributed by atoms with Crippen molar-refractivity contribution in [1.82, 2.24) is 29.5 Å². The number of aromatic nitrogens is 5. The van der Waals surface area contributed by atoms with Crippen LogP contribution in [0.15, 0.2) is 78.1 Å². The van der Waals surface area contributed by atoms with Gasteiger partial charge in [-0.2, -0.15) is 9.61 Å². The molecule has 1 aromatic carbocycles. The first-order chi connectivity index (χ1) is 20.7. The Morgan fingerprint density at radius 3 is 2.30 bits per heavy atom. The number of nitrogens with zero attached hydrogens (tertiary/aromatic N) is 6. The fourth-order valence-corrected chi connectivity index (χ4v) is 7.65. The van der Waals surface area contributed by atoms with Crippen molar-refractivity contribution in [2.75, 3.05) is 12.0 Å². The third-order valence-corrected chi connectivity index (χ3v) is 9.66. The van der Waals surface area contributed by atoms with E-state index in [1.54, 1.807) is 12.4 Å². The smallest absolute Gasteiger partial charge is 0.272 e. The summed E-state index contributed by atoms with van der Waals surface area (Å²) >= 11 is 0. The van der Waals surface area contributed by atoms with Crippen LogP contribution in [-0.2, 0) is 9.84 Å². The van der Waals surface area contributed by atoms with Gasteiger partial charge in [-0.3, -0.25) is 9.78 Å². The molecule has 2 aliphatic heterocycles. The summed E-state index contributed by atoms with van der Waals surface area (Å²) in [6.45, 7) is 0. The molecule has 0 aliphatic carbocycles. The highest BCUT2D eigenvalue weighted by atomic mass is 32.2. The van der Waals surface area contributed by atoms with Crippen molar-refractivity contribution in [1.29, 1.82) is 0 Å². The summed E-state index contributed by atoms with van der Waals surface area (Å²) < 4.78 is 27.6. The quantitative estimate of drug-likeness (QED) is 0.305.